The summed E-state index contributed by atoms with van der Waals surface area (Å²) in [6, 6.07) is 0. The average molecular weight is 237 g/mol. The third-order valence-electron chi connectivity index (χ3n) is 2.90. The van der Waals surface area contributed by atoms with E-state index in [1.165, 1.54) is 0 Å². The van der Waals surface area contributed by atoms with Gasteiger partial charge in [0.25, 0.3) is 0 Å². The first-order chi connectivity index (χ1) is 6.54. The minimum absolute atomic E-state index is 0.00926. The van der Waals surface area contributed by atoms with Crippen molar-refractivity contribution in [3.63, 3.8) is 0 Å². The molecule has 0 spiro atoms. The highest BCUT2D eigenvalue weighted by atomic mass is 35.5. The van der Waals surface area contributed by atoms with Crippen LogP contribution in [0.3, 0.4) is 0 Å². The Balaban J connectivity index is 2.91. The highest BCUT2D eigenvalue weighted by molar-refractivity contribution is 6.55. The van der Waals surface area contributed by atoms with Crippen molar-refractivity contribution in [2.24, 2.45) is 5.92 Å². The molecule has 1 heterocycles. The van der Waals surface area contributed by atoms with E-state index in [-0.39, 0.29) is 16.4 Å². The van der Waals surface area contributed by atoms with E-state index in [4.69, 9.17) is 27.9 Å². The van der Waals surface area contributed by atoms with E-state index in [1.54, 1.807) is 6.08 Å². The molecule has 0 bridgehead atoms. The van der Waals surface area contributed by atoms with Gasteiger partial charge >= 0.3 is 5.97 Å². The Hall–Kier alpha value is -0.210. The zero-order valence-corrected chi connectivity index (χ0v) is 9.86. The monoisotopic (exact) mass is 236 g/mol. The molecule has 1 saturated heterocycles. The van der Waals surface area contributed by atoms with Gasteiger partial charge < -0.3 is 4.74 Å². The number of ether oxygens (including phenoxy) is 1. The van der Waals surface area contributed by atoms with Crippen LogP contribution in [0.5, 0.6) is 0 Å². The molecule has 0 radical (unpaired) electrons. The average Bonchev–Trinajstić information content (AvgIpc) is 2.42. The molecule has 80 valence electrons. The van der Waals surface area contributed by atoms with E-state index < -0.39 is 5.60 Å². The van der Waals surface area contributed by atoms with Crippen LogP contribution in [0.15, 0.2) is 10.6 Å². The molecule has 0 aromatic carbocycles. The van der Waals surface area contributed by atoms with Crippen molar-refractivity contribution in [1.82, 2.24) is 0 Å². The molecular weight excluding hydrogens is 223 g/mol. The van der Waals surface area contributed by atoms with Gasteiger partial charge in [-0.15, -0.1) is 0 Å². The molecular formula is C10H14Cl2O2. The first-order valence-corrected chi connectivity index (χ1v) is 5.54. The van der Waals surface area contributed by atoms with Crippen LogP contribution in [0, 0.1) is 5.92 Å². The first kappa shape index (κ1) is 11.9. The van der Waals surface area contributed by atoms with Gasteiger partial charge in [-0.25, -0.2) is 0 Å². The molecule has 1 fully saturated rings. The molecule has 1 unspecified atom stereocenters. The molecule has 4 heteroatoms. The molecule has 1 atom stereocenters. The molecule has 0 aromatic rings. The van der Waals surface area contributed by atoms with Gasteiger partial charge in [-0.05, 0) is 18.9 Å². The second-order valence-corrected chi connectivity index (χ2v) is 4.52. The molecule has 2 nitrogen and oxygen atoms in total. The van der Waals surface area contributed by atoms with Crippen molar-refractivity contribution in [2.75, 3.05) is 0 Å². The lowest BCUT2D eigenvalue weighted by molar-refractivity contribution is -0.149. The van der Waals surface area contributed by atoms with E-state index in [0.29, 0.717) is 6.42 Å². The molecule has 0 N–H and O–H groups in total. The van der Waals surface area contributed by atoms with Crippen LogP contribution >= 0.6 is 23.2 Å². The van der Waals surface area contributed by atoms with Gasteiger partial charge in [-0.3, -0.25) is 4.79 Å². The predicted molar refractivity (Wildman–Crippen MR) is 57.3 cm³/mol. The molecule has 1 rings (SSSR count). The Morgan fingerprint density at radius 2 is 2.14 bits per heavy atom. The van der Waals surface area contributed by atoms with E-state index >= 15 is 0 Å². The summed E-state index contributed by atoms with van der Waals surface area (Å²) in [5.74, 6) is -0.153. The number of halogens is 2. The zero-order valence-electron chi connectivity index (χ0n) is 8.35. The van der Waals surface area contributed by atoms with Crippen molar-refractivity contribution in [3.8, 4) is 0 Å². The van der Waals surface area contributed by atoms with Gasteiger partial charge in [-0.2, -0.15) is 0 Å². The number of carbonyl (C=O) groups is 1. The van der Waals surface area contributed by atoms with Crippen LogP contribution < -0.4 is 0 Å². The summed E-state index contributed by atoms with van der Waals surface area (Å²) in [6.45, 7) is 4.01. The van der Waals surface area contributed by atoms with Gasteiger partial charge in [0.1, 0.15) is 10.1 Å². The Bertz CT molecular complexity index is 253. The number of rotatable bonds is 3. The predicted octanol–water partition coefficient (Wildman–Crippen LogP) is 3.43. The number of hydrogen-bond donors (Lipinski definition) is 0. The van der Waals surface area contributed by atoms with Crippen LogP contribution in [-0.4, -0.2) is 11.6 Å². The van der Waals surface area contributed by atoms with Crippen molar-refractivity contribution in [1.29, 1.82) is 0 Å². The highest BCUT2D eigenvalue weighted by Gasteiger charge is 2.45. The van der Waals surface area contributed by atoms with Crippen LogP contribution in [0.1, 0.15) is 33.1 Å². The molecule has 0 saturated carbocycles. The molecule has 1 aliphatic heterocycles. The molecule has 0 amide bonds. The van der Waals surface area contributed by atoms with E-state index in [0.717, 1.165) is 12.8 Å². The summed E-state index contributed by atoms with van der Waals surface area (Å²) in [4.78, 5) is 11.2. The van der Waals surface area contributed by atoms with Crippen LogP contribution in [0.2, 0.25) is 0 Å². The summed E-state index contributed by atoms with van der Waals surface area (Å²) in [7, 11) is 0. The second kappa shape index (κ2) is 4.54. The van der Waals surface area contributed by atoms with Gasteiger partial charge in [0.2, 0.25) is 0 Å². The van der Waals surface area contributed by atoms with Gasteiger partial charge in [0, 0.05) is 5.92 Å². The fourth-order valence-electron chi connectivity index (χ4n) is 1.99. The van der Waals surface area contributed by atoms with Crippen LogP contribution in [0.4, 0.5) is 0 Å². The molecule has 1 aliphatic rings. The standard InChI is InChI=1S/C10H14Cl2O2/c1-3-10(4-2)7(5-8(11)12)6-9(13)14-10/h5,7H,3-4,6H2,1-2H3. The third kappa shape index (κ3) is 2.23. The maximum atomic E-state index is 11.2. The highest BCUT2D eigenvalue weighted by Crippen LogP contribution is 2.40. The van der Waals surface area contributed by atoms with Gasteiger partial charge in [-0.1, -0.05) is 37.0 Å². The maximum absolute atomic E-state index is 11.2. The fraction of sp³-hybridized carbons (Fsp3) is 0.700. The molecule has 14 heavy (non-hydrogen) atoms. The number of cyclic esters (lactones) is 1. The number of hydrogen-bond acceptors (Lipinski definition) is 2. The molecule has 0 aromatic heterocycles. The number of esters is 1. The number of carbonyl (C=O) groups excluding carboxylic acids is 1. The van der Waals surface area contributed by atoms with E-state index in [1.807, 2.05) is 13.8 Å². The second-order valence-electron chi connectivity index (χ2n) is 3.51. The van der Waals surface area contributed by atoms with Gasteiger partial charge in [0.15, 0.2) is 0 Å². The summed E-state index contributed by atoms with van der Waals surface area (Å²) in [6.07, 6.45) is 3.67. The maximum Gasteiger partial charge on any atom is 0.307 e. The lowest BCUT2D eigenvalue weighted by Crippen LogP contribution is -2.33. The first-order valence-electron chi connectivity index (χ1n) is 4.78. The van der Waals surface area contributed by atoms with Crippen LogP contribution in [-0.2, 0) is 9.53 Å². The Morgan fingerprint density at radius 1 is 1.57 bits per heavy atom. The lowest BCUT2D eigenvalue weighted by atomic mass is 9.83. The Kier molecular flexibility index (Phi) is 3.85. The minimum atomic E-state index is -0.397. The lowest BCUT2D eigenvalue weighted by Gasteiger charge is -2.29. The smallest absolute Gasteiger partial charge is 0.307 e. The Morgan fingerprint density at radius 3 is 2.57 bits per heavy atom. The largest absolute Gasteiger partial charge is 0.458 e. The normalized spacial score (nSPS) is 24.6. The summed E-state index contributed by atoms with van der Waals surface area (Å²) in [5, 5.41) is 0. The Labute approximate surface area is 94.2 Å². The van der Waals surface area contributed by atoms with Crippen molar-refractivity contribution >= 4 is 29.2 Å². The third-order valence-corrected chi connectivity index (χ3v) is 3.16. The zero-order chi connectivity index (χ0) is 10.8. The van der Waals surface area contributed by atoms with E-state index in [2.05, 4.69) is 0 Å². The SMILES string of the molecule is CCC1(CC)OC(=O)CC1C=C(Cl)Cl. The fourth-order valence-corrected chi connectivity index (χ4v) is 2.30. The van der Waals surface area contributed by atoms with Crippen molar-refractivity contribution in [2.45, 2.75) is 38.7 Å². The van der Waals surface area contributed by atoms with E-state index in [9.17, 15) is 4.79 Å². The van der Waals surface area contributed by atoms with Gasteiger partial charge in [0.05, 0.1) is 6.42 Å². The molecule has 0 aliphatic carbocycles. The summed E-state index contributed by atoms with van der Waals surface area (Å²) in [5.41, 5.74) is -0.397. The summed E-state index contributed by atoms with van der Waals surface area (Å²) >= 11 is 11.2. The quantitative estimate of drug-likeness (QED) is 0.703. The summed E-state index contributed by atoms with van der Waals surface area (Å²) < 4.78 is 5.57. The minimum Gasteiger partial charge on any atom is -0.458 e. The van der Waals surface area contributed by atoms with Crippen molar-refractivity contribution < 1.29 is 9.53 Å². The van der Waals surface area contributed by atoms with Crippen molar-refractivity contribution in [3.05, 3.63) is 10.6 Å². The van der Waals surface area contributed by atoms with Crippen LogP contribution in [0.25, 0.3) is 0 Å². The topological polar surface area (TPSA) is 26.3 Å².